The Kier molecular flexibility index (Phi) is 5.73. The number of hydrogen-bond acceptors (Lipinski definition) is 3. The number of amides is 1. The zero-order valence-corrected chi connectivity index (χ0v) is 16.3. The molecule has 3 aromatic rings. The molecular weight excluding hydrogens is 387 g/mol. The van der Waals surface area contributed by atoms with Crippen LogP contribution in [-0.4, -0.2) is 23.1 Å². The highest BCUT2D eigenvalue weighted by Crippen LogP contribution is 2.25. The molecule has 1 N–H and O–H groups in total. The number of hydrogen-bond donors (Lipinski definition) is 1. The first-order valence-electron chi connectivity index (χ1n) is 8.32. The number of para-hydroxylation sites is 1. The maximum atomic E-state index is 12.4. The van der Waals surface area contributed by atoms with Crippen molar-refractivity contribution in [1.29, 1.82) is 0 Å². The van der Waals surface area contributed by atoms with Crippen molar-refractivity contribution in [3.63, 3.8) is 0 Å². The van der Waals surface area contributed by atoms with Crippen molar-refractivity contribution in [1.82, 2.24) is 9.88 Å². The molecule has 0 aliphatic carbocycles. The largest absolute Gasteiger partial charge is 0.452 e. The average Bonchev–Trinajstić information content (AvgIpc) is 2.99. The highest BCUT2D eigenvalue weighted by Gasteiger charge is 2.17. The number of halogens is 2. The van der Waals surface area contributed by atoms with Crippen molar-refractivity contribution in [3.8, 4) is 0 Å². The van der Waals surface area contributed by atoms with Crippen LogP contribution in [0.5, 0.6) is 0 Å². The zero-order chi connectivity index (χ0) is 19.6. The molecule has 0 bridgehead atoms. The number of nitrogens with one attached hydrogen (secondary N) is 1. The average molecular weight is 405 g/mol. The Bertz CT molecular complexity index is 1010. The van der Waals surface area contributed by atoms with E-state index in [4.69, 9.17) is 27.9 Å². The minimum atomic E-state index is -0.538. The molecule has 0 saturated carbocycles. The third-order valence-electron chi connectivity index (χ3n) is 4.27. The number of fused-ring (bicyclic) bond motifs is 1. The summed E-state index contributed by atoms with van der Waals surface area (Å²) in [4.78, 5) is 24.5. The summed E-state index contributed by atoms with van der Waals surface area (Å²) in [6, 6.07) is 12.3. The molecule has 1 heterocycles. The monoisotopic (exact) mass is 404 g/mol. The molecule has 0 saturated heterocycles. The van der Waals surface area contributed by atoms with E-state index in [1.807, 2.05) is 42.8 Å². The molecule has 0 aliphatic heterocycles. The third kappa shape index (κ3) is 4.26. The lowest BCUT2D eigenvalue weighted by atomic mass is 10.1. The van der Waals surface area contributed by atoms with Crippen molar-refractivity contribution < 1.29 is 14.3 Å². The second kappa shape index (κ2) is 8.03. The van der Waals surface area contributed by atoms with Crippen LogP contribution >= 0.6 is 23.2 Å². The molecule has 0 aliphatic rings. The van der Waals surface area contributed by atoms with E-state index in [1.165, 1.54) is 0 Å². The van der Waals surface area contributed by atoms with E-state index in [0.29, 0.717) is 15.6 Å². The molecule has 3 rings (SSSR count). The number of rotatable bonds is 5. The summed E-state index contributed by atoms with van der Waals surface area (Å²) in [5.41, 5.74) is 2.15. The number of aryl methyl sites for hydroxylation is 1. The molecule has 5 nitrogen and oxygen atoms in total. The molecule has 0 spiro atoms. The highest BCUT2D eigenvalue weighted by molar-refractivity contribution is 6.42. The fraction of sp³-hybridized carbons (Fsp3) is 0.200. The first-order valence-corrected chi connectivity index (χ1v) is 9.08. The van der Waals surface area contributed by atoms with Crippen LogP contribution in [0.25, 0.3) is 10.9 Å². The molecule has 2 aromatic carbocycles. The van der Waals surface area contributed by atoms with Crippen LogP contribution in [0.3, 0.4) is 0 Å². The zero-order valence-electron chi connectivity index (χ0n) is 14.8. The number of aromatic nitrogens is 1. The van der Waals surface area contributed by atoms with Gasteiger partial charge in [0.05, 0.1) is 21.7 Å². The Morgan fingerprint density at radius 1 is 1.15 bits per heavy atom. The standard InChI is InChI=1S/C20H18Cl2N2O3/c1-12(13-7-8-16(21)17(22)9-13)23-19(25)11-27-20(26)15-10-24(2)18-6-4-3-5-14(15)18/h3-10,12H,11H2,1-2H3,(H,23,25)/t12-/m0/s1. The molecular formula is C20H18Cl2N2O3. The summed E-state index contributed by atoms with van der Waals surface area (Å²) in [7, 11) is 1.85. The Balaban J connectivity index is 1.61. The second-order valence-electron chi connectivity index (χ2n) is 6.21. The maximum absolute atomic E-state index is 12.4. The highest BCUT2D eigenvalue weighted by atomic mass is 35.5. The predicted molar refractivity (Wildman–Crippen MR) is 106 cm³/mol. The number of benzene rings is 2. The maximum Gasteiger partial charge on any atom is 0.340 e. The number of ether oxygens (including phenoxy) is 1. The summed E-state index contributed by atoms with van der Waals surface area (Å²) in [6.07, 6.45) is 1.70. The van der Waals surface area contributed by atoms with Gasteiger partial charge in [0.2, 0.25) is 0 Å². The van der Waals surface area contributed by atoms with Crippen molar-refractivity contribution in [2.45, 2.75) is 13.0 Å². The van der Waals surface area contributed by atoms with Crippen LogP contribution in [0.4, 0.5) is 0 Å². The van der Waals surface area contributed by atoms with E-state index in [-0.39, 0.29) is 12.6 Å². The van der Waals surface area contributed by atoms with E-state index in [0.717, 1.165) is 16.5 Å². The van der Waals surface area contributed by atoms with Crippen LogP contribution in [0.1, 0.15) is 28.9 Å². The molecule has 27 heavy (non-hydrogen) atoms. The lowest BCUT2D eigenvalue weighted by molar-refractivity contribution is -0.124. The van der Waals surface area contributed by atoms with Gasteiger partial charge in [0.25, 0.3) is 5.91 Å². The van der Waals surface area contributed by atoms with Gasteiger partial charge < -0.3 is 14.6 Å². The van der Waals surface area contributed by atoms with Crippen molar-refractivity contribution in [2.75, 3.05) is 6.61 Å². The lowest BCUT2D eigenvalue weighted by Gasteiger charge is -2.15. The Morgan fingerprint density at radius 2 is 1.89 bits per heavy atom. The summed E-state index contributed by atoms with van der Waals surface area (Å²) < 4.78 is 7.03. The third-order valence-corrected chi connectivity index (χ3v) is 5.01. The van der Waals surface area contributed by atoms with E-state index in [2.05, 4.69) is 5.32 Å². The minimum absolute atomic E-state index is 0.302. The van der Waals surface area contributed by atoms with Gasteiger partial charge in [-0.3, -0.25) is 4.79 Å². The Labute approximate surface area is 166 Å². The van der Waals surface area contributed by atoms with Crippen molar-refractivity contribution >= 4 is 46.0 Å². The smallest absolute Gasteiger partial charge is 0.340 e. The van der Waals surface area contributed by atoms with Gasteiger partial charge in [-0.05, 0) is 30.7 Å². The number of esters is 1. The number of nitrogens with zero attached hydrogens (tertiary/aromatic N) is 1. The second-order valence-corrected chi connectivity index (χ2v) is 7.02. The van der Waals surface area contributed by atoms with Gasteiger partial charge in [0.1, 0.15) is 0 Å². The van der Waals surface area contributed by atoms with Crippen LogP contribution in [0, 0.1) is 0 Å². The van der Waals surface area contributed by atoms with Gasteiger partial charge in [-0.1, -0.05) is 47.5 Å². The SMILES string of the molecule is C[C@H](NC(=O)COC(=O)c1cn(C)c2ccccc12)c1ccc(Cl)c(Cl)c1. The van der Waals surface area contributed by atoms with Gasteiger partial charge in [-0.25, -0.2) is 4.79 Å². The first kappa shape index (κ1) is 19.3. The van der Waals surface area contributed by atoms with Crippen LogP contribution in [0.2, 0.25) is 10.0 Å². The normalized spacial score (nSPS) is 12.0. The molecule has 1 aromatic heterocycles. The summed E-state index contributed by atoms with van der Waals surface area (Å²) in [5, 5.41) is 4.42. The first-order chi connectivity index (χ1) is 12.9. The summed E-state index contributed by atoms with van der Waals surface area (Å²) in [5.74, 6) is -0.939. The van der Waals surface area contributed by atoms with Crippen molar-refractivity contribution in [2.24, 2.45) is 7.05 Å². The van der Waals surface area contributed by atoms with Gasteiger partial charge >= 0.3 is 5.97 Å². The summed E-state index contributed by atoms with van der Waals surface area (Å²) >= 11 is 11.9. The van der Waals surface area contributed by atoms with E-state index in [9.17, 15) is 9.59 Å². The Morgan fingerprint density at radius 3 is 2.63 bits per heavy atom. The van der Waals surface area contributed by atoms with Gasteiger partial charge in [-0.15, -0.1) is 0 Å². The van der Waals surface area contributed by atoms with Crippen LogP contribution in [0.15, 0.2) is 48.7 Å². The molecule has 1 atom stereocenters. The van der Waals surface area contributed by atoms with E-state index < -0.39 is 11.9 Å². The molecule has 0 radical (unpaired) electrons. The minimum Gasteiger partial charge on any atom is -0.452 e. The molecule has 1 amide bonds. The topological polar surface area (TPSA) is 60.3 Å². The molecule has 7 heteroatoms. The van der Waals surface area contributed by atoms with Gasteiger partial charge in [0, 0.05) is 24.1 Å². The number of carbonyl (C=O) groups is 2. The van der Waals surface area contributed by atoms with Crippen LogP contribution in [-0.2, 0) is 16.6 Å². The fourth-order valence-corrected chi connectivity index (χ4v) is 3.17. The molecule has 0 unspecified atom stereocenters. The van der Waals surface area contributed by atoms with E-state index in [1.54, 1.807) is 24.4 Å². The van der Waals surface area contributed by atoms with Crippen molar-refractivity contribution in [3.05, 3.63) is 69.8 Å². The summed E-state index contributed by atoms with van der Waals surface area (Å²) in [6.45, 7) is 1.44. The fourth-order valence-electron chi connectivity index (χ4n) is 2.86. The van der Waals surface area contributed by atoms with Gasteiger partial charge in [-0.2, -0.15) is 0 Å². The lowest BCUT2D eigenvalue weighted by Crippen LogP contribution is -2.31. The molecule has 0 fully saturated rings. The van der Waals surface area contributed by atoms with Crippen LogP contribution < -0.4 is 5.32 Å². The molecule has 140 valence electrons. The van der Waals surface area contributed by atoms with Gasteiger partial charge in [0.15, 0.2) is 6.61 Å². The Hall–Kier alpha value is -2.50. The quantitative estimate of drug-likeness (QED) is 0.635. The van der Waals surface area contributed by atoms with E-state index >= 15 is 0 Å². The predicted octanol–water partition coefficient (Wildman–Crippen LogP) is 4.52. The number of carbonyl (C=O) groups excluding carboxylic acids is 2.